The number of hydrogen-bond acceptors (Lipinski definition) is 15. The molecule has 7 N–H and O–H groups in total. The normalized spacial score (nSPS) is 16.5. The van der Waals surface area contributed by atoms with Gasteiger partial charge in [0.05, 0.1) is 28.9 Å². The summed E-state index contributed by atoms with van der Waals surface area (Å²) in [5, 5.41) is 12.1. The van der Waals surface area contributed by atoms with E-state index in [0.717, 1.165) is 5.56 Å². The molecule has 3 heterocycles. The molecule has 5 aromatic rings. The lowest BCUT2D eigenvalue weighted by Crippen LogP contribution is -2.46. The van der Waals surface area contributed by atoms with Gasteiger partial charge in [-0.2, -0.15) is 5.26 Å². The van der Waals surface area contributed by atoms with E-state index in [2.05, 4.69) is 58.2 Å². The second kappa shape index (κ2) is 24.0. The summed E-state index contributed by atoms with van der Waals surface area (Å²) in [6.07, 6.45) is 4.20. The topological polar surface area (TPSA) is 272 Å². The third-order valence-electron chi connectivity index (χ3n) is 12.5. The minimum absolute atomic E-state index is 0.00907. The average Bonchev–Trinajstić information content (AvgIpc) is 3.35. The molecule has 0 saturated heterocycles. The number of benzene rings is 3. The zero-order valence-corrected chi connectivity index (χ0v) is 41.4. The number of ketones is 3. The van der Waals surface area contributed by atoms with Gasteiger partial charge in [0.1, 0.15) is 30.8 Å². The SMILES string of the molecule is Cc1nc(-c2cnc(-c3ccc(C(C)(C)C)cc3)nc2)ncc1C(=O)C[C@@H](CCN)C(=O)N(C)[C@@H]1C(=O)C[C@@H](C)C(=O)N[C@H](C(=O)CCC#N)Cc2ccc(OCCN)c(c2)-c2cc1ccc2OCCN. The number of ether oxygens (including phenoxy) is 2. The van der Waals surface area contributed by atoms with Crippen LogP contribution < -0.4 is 32.0 Å². The Kier molecular flexibility index (Phi) is 18.0. The van der Waals surface area contributed by atoms with Crippen molar-refractivity contribution < 1.29 is 33.4 Å². The van der Waals surface area contributed by atoms with Gasteiger partial charge >= 0.3 is 0 Å². The van der Waals surface area contributed by atoms with E-state index in [9.17, 15) is 29.2 Å². The van der Waals surface area contributed by atoms with Crippen molar-refractivity contribution in [2.45, 2.75) is 90.6 Å². The molecular weight excluding hydrogens is 901 g/mol. The van der Waals surface area contributed by atoms with Gasteiger partial charge in [0, 0.05) is 92.9 Å². The van der Waals surface area contributed by atoms with Crippen molar-refractivity contribution in [3.05, 3.63) is 107 Å². The maximum atomic E-state index is 14.8. The van der Waals surface area contributed by atoms with E-state index in [-0.39, 0.29) is 88.1 Å². The molecule has 6 rings (SSSR count). The van der Waals surface area contributed by atoms with Crippen LogP contribution in [0, 0.1) is 30.1 Å². The van der Waals surface area contributed by atoms with Gasteiger partial charge in [-0.3, -0.25) is 24.0 Å². The molecule has 2 aromatic heterocycles. The lowest BCUT2D eigenvalue weighted by Gasteiger charge is -2.32. The number of carbonyl (C=O) groups excluding carboxylic acids is 5. The van der Waals surface area contributed by atoms with Crippen LogP contribution in [0.2, 0.25) is 0 Å². The molecule has 0 fully saturated rings. The standard InChI is InChI=1S/C54H64N10O7/c1-32-24-46(67)49(36-12-16-48(71-23-21-58)41(27-36)40-25-34(9-15-47(40)70-22-20-57)26-43(63-52(32)68)44(65)8-7-18-55)64(6)53(69)37(17-19-56)28-45(66)42-31-61-51(62-33(42)2)38-29-59-50(60-30-38)35-10-13-39(14-11-35)54(3,4)5/h9-16,25,27,29-32,37,43,49H,7-8,17,19-24,26,28,56-58H2,1-6H3,(H,63,68)/t32-,37-,43+,49+/m1/s1. The second-order valence-electron chi connectivity index (χ2n) is 18.9. The highest BCUT2D eigenvalue weighted by Crippen LogP contribution is 2.41. The van der Waals surface area contributed by atoms with Crippen molar-refractivity contribution in [2.75, 3.05) is 39.9 Å². The van der Waals surface area contributed by atoms with Gasteiger partial charge in [-0.05, 0) is 72.7 Å². The summed E-state index contributed by atoms with van der Waals surface area (Å²) in [5.74, 6) is -2.48. The quantitative estimate of drug-likeness (QED) is 0.0756. The number of nitrogens with zero attached hydrogens (tertiary/aromatic N) is 6. The van der Waals surface area contributed by atoms with Crippen molar-refractivity contribution in [3.8, 4) is 51.5 Å². The zero-order valence-electron chi connectivity index (χ0n) is 41.4. The number of hydrogen-bond donors (Lipinski definition) is 4. The molecule has 0 unspecified atom stereocenters. The van der Waals surface area contributed by atoms with Gasteiger partial charge in [0.2, 0.25) is 11.8 Å². The van der Waals surface area contributed by atoms with Crippen molar-refractivity contribution in [3.63, 3.8) is 0 Å². The molecule has 0 spiro atoms. The van der Waals surface area contributed by atoms with Crippen LogP contribution in [0.15, 0.2) is 79.3 Å². The monoisotopic (exact) mass is 964 g/mol. The molecule has 17 nitrogen and oxygen atoms in total. The maximum Gasteiger partial charge on any atom is 0.226 e. The number of Topliss-reactive ketones (excluding diaryl/α,β-unsaturated/α-hetero) is 3. The molecule has 0 aliphatic carbocycles. The lowest BCUT2D eigenvalue weighted by atomic mass is 9.87. The summed E-state index contributed by atoms with van der Waals surface area (Å²) in [6, 6.07) is 18.3. The molecule has 1 aliphatic heterocycles. The summed E-state index contributed by atoms with van der Waals surface area (Å²) >= 11 is 0. The van der Waals surface area contributed by atoms with E-state index in [1.165, 1.54) is 23.7 Å². The Morgan fingerprint density at radius 3 is 2.08 bits per heavy atom. The number of nitrogens with two attached hydrogens (primary N) is 3. The highest BCUT2D eigenvalue weighted by atomic mass is 16.5. The van der Waals surface area contributed by atoms with Crippen molar-refractivity contribution in [1.29, 1.82) is 5.26 Å². The highest BCUT2D eigenvalue weighted by molar-refractivity contribution is 6.00. The first-order chi connectivity index (χ1) is 34.0. The average molecular weight is 965 g/mol. The van der Waals surface area contributed by atoms with E-state index < -0.39 is 47.3 Å². The smallest absolute Gasteiger partial charge is 0.226 e. The molecule has 4 bridgehead atoms. The minimum Gasteiger partial charge on any atom is -0.492 e. The van der Waals surface area contributed by atoms with E-state index >= 15 is 0 Å². The number of amides is 2. The van der Waals surface area contributed by atoms with Gasteiger partial charge in [-0.25, -0.2) is 19.9 Å². The number of aromatic nitrogens is 4. The fraction of sp³-hybridized carbons (Fsp3) is 0.407. The van der Waals surface area contributed by atoms with Gasteiger partial charge in [0.15, 0.2) is 29.0 Å². The zero-order chi connectivity index (χ0) is 51.4. The van der Waals surface area contributed by atoms with Crippen molar-refractivity contribution >= 4 is 29.2 Å². The van der Waals surface area contributed by atoms with Crippen LogP contribution in [-0.2, 0) is 31.0 Å². The third-order valence-corrected chi connectivity index (χ3v) is 12.5. The van der Waals surface area contributed by atoms with Crippen LogP contribution in [0.25, 0.3) is 33.9 Å². The molecule has 2 amide bonds. The number of rotatable bonds is 18. The van der Waals surface area contributed by atoms with E-state index in [1.54, 1.807) is 56.6 Å². The first-order valence-corrected chi connectivity index (χ1v) is 23.9. The molecule has 71 heavy (non-hydrogen) atoms. The first kappa shape index (κ1) is 53.1. The number of likely N-dealkylation sites (N-methyl/N-ethyl adjacent to an activating group) is 1. The fourth-order valence-electron chi connectivity index (χ4n) is 8.57. The molecule has 372 valence electrons. The fourth-order valence-corrected chi connectivity index (χ4v) is 8.57. The first-order valence-electron chi connectivity index (χ1n) is 23.9. The predicted octanol–water partition coefficient (Wildman–Crippen LogP) is 5.80. The Labute approximate surface area is 415 Å². The Morgan fingerprint density at radius 2 is 1.48 bits per heavy atom. The van der Waals surface area contributed by atoms with Crippen LogP contribution in [-0.4, -0.2) is 99.9 Å². The molecule has 4 atom stereocenters. The number of fused-ring (bicyclic) bond motifs is 5. The Hall–Kier alpha value is -7.26. The molecule has 0 radical (unpaired) electrons. The van der Waals surface area contributed by atoms with Gasteiger partial charge < -0.3 is 36.9 Å². The van der Waals surface area contributed by atoms with Gasteiger partial charge in [-0.1, -0.05) is 64.1 Å². The largest absolute Gasteiger partial charge is 0.492 e. The lowest BCUT2D eigenvalue weighted by molar-refractivity contribution is -0.142. The summed E-state index contributed by atoms with van der Waals surface area (Å²) in [7, 11) is 1.49. The number of carbonyl (C=O) groups is 5. The highest BCUT2D eigenvalue weighted by Gasteiger charge is 2.36. The number of aryl methyl sites for hydroxylation is 1. The predicted molar refractivity (Wildman–Crippen MR) is 269 cm³/mol. The summed E-state index contributed by atoms with van der Waals surface area (Å²) in [5.41, 5.74) is 23.1. The van der Waals surface area contributed by atoms with Crippen molar-refractivity contribution in [1.82, 2.24) is 30.2 Å². The molecular formula is C54H64N10O7. The van der Waals surface area contributed by atoms with E-state index in [4.69, 9.17) is 26.7 Å². The summed E-state index contributed by atoms with van der Waals surface area (Å²) in [6.45, 7) is 10.5. The third kappa shape index (κ3) is 13.1. The van der Waals surface area contributed by atoms with Crippen LogP contribution in [0.1, 0.15) is 98.6 Å². The summed E-state index contributed by atoms with van der Waals surface area (Å²) < 4.78 is 12.3. The van der Waals surface area contributed by atoms with Crippen LogP contribution in [0.4, 0.5) is 0 Å². The molecule has 1 aliphatic rings. The van der Waals surface area contributed by atoms with E-state index in [0.29, 0.717) is 56.7 Å². The van der Waals surface area contributed by atoms with Crippen LogP contribution in [0.3, 0.4) is 0 Å². The maximum absolute atomic E-state index is 14.8. The van der Waals surface area contributed by atoms with Crippen molar-refractivity contribution in [2.24, 2.45) is 29.0 Å². The summed E-state index contributed by atoms with van der Waals surface area (Å²) in [4.78, 5) is 90.6. The Balaban J connectivity index is 1.32. The van der Waals surface area contributed by atoms with Gasteiger partial charge in [0.25, 0.3) is 0 Å². The number of nitrogens with one attached hydrogen (secondary N) is 1. The molecule has 17 heteroatoms. The van der Waals surface area contributed by atoms with Gasteiger partial charge in [-0.15, -0.1) is 0 Å². The Morgan fingerprint density at radius 1 is 0.845 bits per heavy atom. The second-order valence-corrected chi connectivity index (χ2v) is 18.9. The van der Waals surface area contributed by atoms with Crippen LogP contribution >= 0.6 is 0 Å². The molecule has 0 saturated carbocycles. The van der Waals surface area contributed by atoms with E-state index in [1.807, 2.05) is 24.3 Å². The molecule has 3 aromatic carbocycles. The minimum atomic E-state index is -1.26. The van der Waals surface area contributed by atoms with Crippen LogP contribution in [0.5, 0.6) is 11.5 Å². The Bertz CT molecular complexity index is 2770. The number of nitriles is 1.